The summed E-state index contributed by atoms with van der Waals surface area (Å²) in [6, 6.07) is 8.69. The van der Waals surface area contributed by atoms with Crippen LogP contribution in [0.15, 0.2) is 30.3 Å². The molecule has 1 N–H and O–H groups in total. The molecule has 2 aliphatic heterocycles. The van der Waals surface area contributed by atoms with Gasteiger partial charge in [-0.25, -0.2) is 9.80 Å². The summed E-state index contributed by atoms with van der Waals surface area (Å²) in [4.78, 5) is 43.1. The number of fused-ring (bicyclic) bond motifs is 1. The molecule has 0 spiro atoms. The number of amides is 4. The molecule has 0 aromatic heterocycles. The van der Waals surface area contributed by atoms with Crippen LogP contribution in [0.25, 0.3) is 0 Å². The zero-order valence-corrected chi connectivity index (χ0v) is 19.2. The Morgan fingerprint density at radius 3 is 2.59 bits per heavy atom. The van der Waals surface area contributed by atoms with Gasteiger partial charge in [-0.05, 0) is 17.9 Å². The first-order valence-electron chi connectivity index (χ1n) is 11.3. The summed E-state index contributed by atoms with van der Waals surface area (Å²) in [5, 5.41) is 6.11. The van der Waals surface area contributed by atoms with Crippen molar-refractivity contribution in [1.82, 2.24) is 25.1 Å². The van der Waals surface area contributed by atoms with Crippen LogP contribution in [0.3, 0.4) is 0 Å². The van der Waals surface area contributed by atoms with E-state index in [2.05, 4.69) is 18.2 Å². The van der Waals surface area contributed by atoms with Gasteiger partial charge in [0.15, 0.2) is 0 Å². The van der Waals surface area contributed by atoms with Crippen molar-refractivity contribution in [3.63, 3.8) is 0 Å². The maximum atomic E-state index is 13.4. The maximum Gasteiger partial charge on any atom is 0.334 e. The Labute approximate surface area is 190 Å². The minimum absolute atomic E-state index is 0.0368. The fraction of sp³-hybridized carbons (Fsp3) is 0.542. The Hall–Kier alpha value is -3.05. The average Bonchev–Trinajstić information content (AvgIpc) is 2.77. The molecule has 32 heavy (non-hydrogen) atoms. The van der Waals surface area contributed by atoms with E-state index in [-0.39, 0.29) is 43.4 Å². The lowest BCUT2D eigenvalue weighted by atomic mass is 9.96. The molecular formula is C24H33N5O3. The molecule has 1 aromatic carbocycles. The number of hydrazine groups is 1. The van der Waals surface area contributed by atoms with Gasteiger partial charge in [0.1, 0.15) is 12.2 Å². The van der Waals surface area contributed by atoms with Crippen molar-refractivity contribution in [2.75, 3.05) is 26.2 Å². The molecule has 0 bridgehead atoms. The fourth-order valence-corrected chi connectivity index (χ4v) is 4.40. The number of piperazine rings is 1. The first kappa shape index (κ1) is 23.6. The van der Waals surface area contributed by atoms with Crippen molar-refractivity contribution in [2.45, 2.75) is 52.4 Å². The summed E-state index contributed by atoms with van der Waals surface area (Å²) in [5.41, 5.74) is 0.970. The third-order valence-corrected chi connectivity index (χ3v) is 5.94. The van der Waals surface area contributed by atoms with Crippen molar-refractivity contribution in [1.29, 1.82) is 0 Å². The average molecular weight is 440 g/mol. The molecule has 0 saturated carbocycles. The highest BCUT2D eigenvalue weighted by Gasteiger charge is 2.51. The lowest BCUT2D eigenvalue weighted by Crippen LogP contribution is -2.77. The Morgan fingerprint density at radius 1 is 1.25 bits per heavy atom. The van der Waals surface area contributed by atoms with Crippen molar-refractivity contribution in [2.24, 2.45) is 5.92 Å². The molecule has 4 amide bonds. The number of hydrogen-bond donors (Lipinski definition) is 1. The van der Waals surface area contributed by atoms with Gasteiger partial charge in [-0.2, -0.15) is 5.01 Å². The predicted octanol–water partition coefficient (Wildman–Crippen LogP) is 1.88. The highest BCUT2D eigenvalue weighted by atomic mass is 16.2. The second-order valence-electron chi connectivity index (χ2n) is 8.62. The Bertz CT molecular complexity index is 866. The Balaban J connectivity index is 1.91. The number of carbonyl (C=O) groups is 3. The topological polar surface area (TPSA) is 76.2 Å². The minimum atomic E-state index is -0.601. The molecule has 0 unspecified atom stereocenters. The van der Waals surface area contributed by atoms with E-state index in [1.807, 2.05) is 44.2 Å². The first-order valence-corrected chi connectivity index (χ1v) is 11.3. The third kappa shape index (κ3) is 4.89. The van der Waals surface area contributed by atoms with Crippen LogP contribution in [0.1, 0.15) is 39.2 Å². The van der Waals surface area contributed by atoms with Gasteiger partial charge in [-0.1, -0.05) is 63.4 Å². The van der Waals surface area contributed by atoms with Crippen molar-refractivity contribution in [3.8, 4) is 12.3 Å². The molecule has 0 aliphatic carbocycles. The number of rotatable bonds is 7. The van der Waals surface area contributed by atoms with E-state index < -0.39 is 12.2 Å². The molecule has 8 nitrogen and oxygen atoms in total. The molecule has 3 rings (SSSR count). The number of unbranched alkanes of at least 4 members (excludes halogenated alkanes) is 1. The number of urea groups is 1. The van der Waals surface area contributed by atoms with E-state index in [0.717, 1.165) is 18.4 Å². The number of benzene rings is 1. The summed E-state index contributed by atoms with van der Waals surface area (Å²) in [7, 11) is 0. The first-order chi connectivity index (χ1) is 15.4. The maximum absolute atomic E-state index is 13.4. The van der Waals surface area contributed by atoms with Crippen LogP contribution in [0.2, 0.25) is 0 Å². The second kappa shape index (κ2) is 10.5. The Kier molecular flexibility index (Phi) is 7.75. The zero-order valence-electron chi connectivity index (χ0n) is 19.2. The summed E-state index contributed by atoms with van der Waals surface area (Å²) < 4.78 is 0. The van der Waals surface area contributed by atoms with Gasteiger partial charge in [-0.15, -0.1) is 6.42 Å². The van der Waals surface area contributed by atoms with Crippen LogP contribution in [0, 0.1) is 18.3 Å². The van der Waals surface area contributed by atoms with Crippen molar-refractivity contribution in [3.05, 3.63) is 35.9 Å². The minimum Gasteiger partial charge on any atom is -0.337 e. The second-order valence-corrected chi connectivity index (χ2v) is 8.62. The lowest BCUT2D eigenvalue weighted by Gasteiger charge is -2.55. The molecule has 8 heteroatoms. The Morgan fingerprint density at radius 2 is 1.97 bits per heavy atom. The van der Waals surface area contributed by atoms with Gasteiger partial charge in [0.2, 0.25) is 11.8 Å². The number of terminal acetylenes is 1. The van der Waals surface area contributed by atoms with Gasteiger partial charge in [0, 0.05) is 13.1 Å². The number of hydrogen-bond acceptors (Lipinski definition) is 4. The molecular weight excluding hydrogens is 406 g/mol. The van der Waals surface area contributed by atoms with E-state index >= 15 is 0 Å². The van der Waals surface area contributed by atoms with Crippen LogP contribution >= 0.6 is 0 Å². The van der Waals surface area contributed by atoms with Crippen LogP contribution < -0.4 is 5.32 Å². The zero-order chi connectivity index (χ0) is 23.3. The lowest BCUT2D eigenvalue weighted by molar-refractivity contribution is -0.191. The van der Waals surface area contributed by atoms with Gasteiger partial charge >= 0.3 is 6.03 Å². The van der Waals surface area contributed by atoms with Gasteiger partial charge in [0.25, 0.3) is 0 Å². The molecule has 2 atom stereocenters. The molecule has 1 aromatic rings. The van der Waals surface area contributed by atoms with Crippen molar-refractivity contribution >= 4 is 17.8 Å². The normalized spacial score (nSPS) is 21.5. The van der Waals surface area contributed by atoms with Gasteiger partial charge in [0.05, 0.1) is 19.6 Å². The van der Waals surface area contributed by atoms with Crippen molar-refractivity contribution < 1.29 is 14.4 Å². The molecule has 2 aliphatic rings. The summed E-state index contributed by atoms with van der Waals surface area (Å²) in [5.74, 6) is 2.25. The monoisotopic (exact) mass is 439 g/mol. The molecule has 0 radical (unpaired) electrons. The van der Waals surface area contributed by atoms with E-state index in [1.54, 1.807) is 19.8 Å². The van der Waals surface area contributed by atoms with Gasteiger partial charge in [-0.3, -0.25) is 9.59 Å². The summed E-state index contributed by atoms with van der Waals surface area (Å²) in [6.07, 6.45) is 6.78. The van der Waals surface area contributed by atoms with Crippen LogP contribution in [-0.2, 0) is 16.1 Å². The van der Waals surface area contributed by atoms with Crippen LogP contribution in [0.5, 0.6) is 0 Å². The largest absolute Gasteiger partial charge is 0.337 e. The highest BCUT2D eigenvalue weighted by Crippen LogP contribution is 2.29. The molecule has 2 heterocycles. The SMILES string of the molecule is C#CCN1CC(=O)N2[C@@H](C(C)C)C(=O)N(CCCC)C[C@@H]2N1C(=O)NCc1ccccc1. The predicted molar refractivity (Wildman–Crippen MR) is 122 cm³/mol. The third-order valence-electron chi connectivity index (χ3n) is 5.94. The smallest absolute Gasteiger partial charge is 0.334 e. The standard InChI is InChI=1S/C24H33N5O3/c1-5-7-14-26-16-20-28(22(18(3)4)23(26)31)21(30)17-27(13-6-2)29(20)24(32)25-15-19-11-9-8-10-12-19/h2,8-12,18,20,22H,5,7,13-17H2,1,3-4H3,(H,25,32)/t20-,22-/m0/s1. The number of nitrogens with one attached hydrogen (secondary N) is 1. The number of carbonyl (C=O) groups excluding carboxylic acids is 3. The molecule has 2 fully saturated rings. The van der Waals surface area contributed by atoms with E-state index in [9.17, 15) is 14.4 Å². The number of nitrogens with zero attached hydrogens (tertiary/aromatic N) is 4. The van der Waals surface area contributed by atoms with Crippen LogP contribution in [-0.4, -0.2) is 76.0 Å². The van der Waals surface area contributed by atoms with E-state index in [1.165, 1.54) is 0 Å². The van der Waals surface area contributed by atoms with Crippen LogP contribution in [0.4, 0.5) is 4.79 Å². The van der Waals surface area contributed by atoms with E-state index in [4.69, 9.17) is 6.42 Å². The molecule has 172 valence electrons. The summed E-state index contributed by atoms with van der Waals surface area (Å²) >= 11 is 0. The fourth-order valence-electron chi connectivity index (χ4n) is 4.40. The molecule has 2 saturated heterocycles. The summed E-state index contributed by atoms with van der Waals surface area (Å²) in [6.45, 7) is 7.26. The quantitative estimate of drug-likeness (QED) is 0.659. The van der Waals surface area contributed by atoms with E-state index in [0.29, 0.717) is 13.1 Å². The highest BCUT2D eigenvalue weighted by molar-refractivity contribution is 5.91. The van der Waals surface area contributed by atoms with Gasteiger partial charge < -0.3 is 15.1 Å².